The molecule has 1 aromatic heterocycles. The van der Waals surface area contributed by atoms with Crippen LogP contribution in [0.1, 0.15) is 18.7 Å². The lowest BCUT2D eigenvalue weighted by atomic mass is 10.1. The zero-order valence-electron chi connectivity index (χ0n) is 17.1. The fourth-order valence-electron chi connectivity index (χ4n) is 2.65. The standard InChI is InChI=1S/C19H24N8O3S/c1-29-17-11(19-26-15(30-27-19)9-23-31-2)4-3-5-12(17)25-13(16(21)18(22)28)8-14(20)24-10-6-7-10/h3-5,8,10,21,23,25H,6-7,9H2,1-2H3,(H2,20,24)(H2,22,28)/b13-8+,21-16?. The number of amidine groups is 1. The number of carbonyl (C=O) groups excluding carboxylic acids is 1. The van der Waals surface area contributed by atoms with E-state index in [0.29, 0.717) is 35.3 Å². The van der Waals surface area contributed by atoms with E-state index in [0.717, 1.165) is 12.8 Å². The molecule has 0 saturated heterocycles. The number of rotatable bonds is 11. The van der Waals surface area contributed by atoms with Crippen LogP contribution in [0.3, 0.4) is 0 Å². The van der Waals surface area contributed by atoms with Gasteiger partial charge in [-0.1, -0.05) is 23.2 Å². The number of hydrogen-bond donors (Lipinski definition) is 5. The minimum Gasteiger partial charge on any atom is -0.494 e. The molecule has 1 aliphatic rings. The molecule has 0 atom stereocenters. The van der Waals surface area contributed by atoms with Crippen LogP contribution in [0.25, 0.3) is 11.4 Å². The number of hydrogen-bond acceptors (Lipinski definition) is 10. The first-order valence-electron chi connectivity index (χ1n) is 9.39. The van der Waals surface area contributed by atoms with Crippen molar-refractivity contribution in [3.05, 3.63) is 35.9 Å². The summed E-state index contributed by atoms with van der Waals surface area (Å²) in [6.07, 6.45) is 5.25. The molecule has 7 N–H and O–H groups in total. The summed E-state index contributed by atoms with van der Waals surface area (Å²) in [4.78, 5) is 20.3. The van der Waals surface area contributed by atoms with Crippen LogP contribution < -0.4 is 26.2 Å². The summed E-state index contributed by atoms with van der Waals surface area (Å²) in [7, 11) is 1.49. The van der Waals surface area contributed by atoms with Gasteiger partial charge in [0.15, 0.2) is 5.75 Å². The summed E-state index contributed by atoms with van der Waals surface area (Å²) in [5.41, 5.74) is 12.0. The Hall–Kier alpha value is -3.38. The Balaban J connectivity index is 1.94. The molecule has 3 rings (SSSR count). The van der Waals surface area contributed by atoms with Crippen molar-refractivity contribution in [2.24, 2.45) is 16.5 Å². The van der Waals surface area contributed by atoms with Crippen LogP contribution in [-0.4, -0.2) is 47.0 Å². The molecule has 0 unspecified atom stereocenters. The molecule has 1 heterocycles. The first-order chi connectivity index (χ1) is 14.9. The second-order valence-electron chi connectivity index (χ2n) is 6.63. The molecule has 1 aliphatic carbocycles. The number of methoxy groups -OCH3 is 1. The highest BCUT2D eigenvalue weighted by Gasteiger charge is 2.22. The molecule has 12 heteroatoms. The molecule has 1 amide bonds. The Morgan fingerprint density at radius 1 is 1.45 bits per heavy atom. The van der Waals surface area contributed by atoms with Crippen LogP contribution in [0.4, 0.5) is 5.69 Å². The van der Waals surface area contributed by atoms with E-state index in [-0.39, 0.29) is 17.6 Å². The number of aliphatic imine (C=N–C) groups is 1. The Morgan fingerprint density at radius 3 is 2.87 bits per heavy atom. The number of anilines is 1. The first kappa shape index (κ1) is 22.3. The lowest BCUT2D eigenvalue weighted by Crippen LogP contribution is -2.28. The number of carbonyl (C=O) groups is 1. The number of nitrogens with two attached hydrogens (primary N) is 2. The van der Waals surface area contributed by atoms with E-state index < -0.39 is 11.6 Å². The number of ether oxygens (including phenoxy) is 1. The predicted octanol–water partition coefficient (Wildman–Crippen LogP) is 1.43. The summed E-state index contributed by atoms with van der Waals surface area (Å²) in [5, 5.41) is 15.1. The normalized spacial score (nSPS) is 14.4. The average Bonchev–Trinajstić information content (AvgIpc) is 3.43. The highest BCUT2D eigenvalue weighted by atomic mass is 32.2. The quantitative estimate of drug-likeness (QED) is 0.195. The van der Waals surface area contributed by atoms with Gasteiger partial charge in [-0.05, 0) is 31.2 Å². The SMILES string of the molecule is COc1c(N/C(=C/C(N)=NC2CC2)C(=N)C(N)=O)cccc1-c1noc(CNSC)n1. The molecule has 11 nitrogen and oxygen atoms in total. The maximum Gasteiger partial charge on any atom is 0.268 e. The summed E-state index contributed by atoms with van der Waals surface area (Å²) in [5.74, 6) is 0.453. The van der Waals surface area contributed by atoms with Gasteiger partial charge in [0.1, 0.15) is 11.5 Å². The summed E-state index contributed by atoms with van der Waals surface area (Å²) < 4.78 is 13.9. The molecule has 2 aromatic rings. The molecule has 1 fully saturated rings. The fourth-order valence-corrected chi connectivity index (χ4v) is 2.92. The van der Waals surface area contributed by atoms with E-state index in [4.69, 9.17) is 26.1 Å². The minimum absolute atomic E-state index is 0.0998. The third-order valence-corrected chi connectivity index (χ3v) is 4.68. The maximum absolute atomic E-state index is 11.6. The zero-order valence-corrected chi connectivity index (χ0v) is 18.0. The number of nitrogens with zero attached hydrogens (tertiary/aromatic N) is 3. The second kappa shape index (κ2) is 10.1. The monoisotopic (exact) mass is 444 g/mol. The number of nitrogens with one attached hydrogen (secondary N) is 3. The van der Waals surface area contributed by atoms with Gasteiger partial charge >= 0.3 is 0 Å². The topological polar surface area (TPSA) is 178 Å². The van der Waals surface area contributed by atoms with Gasteiger partial charge < -0.3 is 26.0 Å². The molecular formula is C19H24N8O3S. The van der Waals surface area contributed by atoms with E-state index in [9.17, 15) is 4.79 Å². The van der Waals surface area contributed by atoms with Gasteiger partial charge in [0, 0.05) is 6.08 Å². The molecule has 0 bridgehead atoms. The van der Waals surface area contributed by atoms with Gasteiger partial charge in [0.05, 0.1) is 36.6 Å². The summed E-state index contributed by atoms with van der Waals surface area (Å²) >= 11 is 1.44. The number of primary amides is 1. The number of para-hydroxylation sites is 1. The highest BCUT2D eigenvalue weighted by molar-refractivity contribution is 7.96. The maximum atomic E-state index is 11.6. The van der Waals surface area contributed by atoms with Crippen molar-refractivity contribution in [1.29, 1.82) is 5.41 Å². The van der Waals surface area contributed by atoms with Gasteiger partial charge in [-0.15, -0.1) is 0 Å². The summed E-state index contributed by atoms with van der Waals surface area (Å²) in [6, 6.07) is 5.43. The lowest BCUT2D eigenvalue weighted by Gasteiger charge is -2.15. The Morgan fingerprint density at radius 2 is 2.23 bits per heavy atom. The predicted molar refractivity (Wildman–Crippen MR) is 120 cm³/mol. The van der Waals surface area contributed by atoms with Gasteiger partial charge in [0.25, 0.3) is 5.91 Å². The molecular weight excluding hydrogens is 420 g/mol. The van der Waals surface area contributed by atoms with Crippen LogP contribution >= 0.6 is 11.9 Å². The third-order valence-electron chi connectivity index (χ3n) is 4.25. The highest BCUT2D eigenvalue weighted by Crippen LogP contribution is 2.35. The van der Waals surface area contributed by atoms with Gasteiger partial charge in [0.2, 0.25) is 11.7 Å². The third kappa shape index (κ3) is 5.83. The fraction of sp³-hybridized carbons (Fsp3) is 0.316. The van der Waals surface area contributed by atoms with Crippen LogP contribution in [0.15, 0.2) is 39.5 Å². The Bertz CT molecular complexity index is 1030. The van der Waals surface area contributed by atoms with Crippen LogP contribution in [-0.2, 0) is 11.3 Å². The molecule has 164 valence electrons. The first-order valence-corrected chi connectivity index (χ1v) is 10.6. The van der Waals surface area contributed by atoms with Crippen molar-refractivity contribution < 1.29 is 14.1 Å². The van der Waals surface area contributed by atoms with Crippen LogP contribution in [0.2, 0.25) is 0 Å². The zero-order chi connectivity index (χ0) is 22.4. The second-order valence-corrected chi connectivity index (χ2v) is 7.33. The van der Waals surface area contributed by atoms with Crippen LogP contribution in [0, 0.1) is 5.41 Å². The number of aromatic nitrogens is 2. The van der Waals surface area contributed by atoms with Crippen molar-refractivity contribution in [2.75, 3.05) is 18.7 Å². The molecule has 31 heavy (non-hydrogen) atoms. The largest absolute Gasteiger partial charge is 0.494 e. The summed E-state index contributed by atoms with van der Waals surface area (Å²) in [6.45, 7) is 0.413. The average molecular weight is 445 g/mol. The van der Waals surface area contributed by atoms with E-state index in [2.05, 4.69) is 25.2 Å². The van der Waals surface area contributed by atoms with E-state index >= 15 is 0 Å². The van der Waals surface area contributed by atoms with Gasteiger partial charge in [-0.3, -0.25) is 19.9 Å². The smallest absolute Gasteiger partial charge is 0.268 e. The molecule has 0 aliphatic heterocycles. The molecule has 1 aromatic carbocycles. The Kier molecular flexibility index (Phi) is 7.26. The van der Waals surface area contributed by atoms with Crippen LogP contribution in [0.5, 0.6) is 5.75 Å². The van der Waals surface area contributed by atoms with Crippen molar-refractivity contribution in [3.8, 4) is 17.1 Å². The van der Waals surface area contributed by atoms with Gasteiger partial charge in [-0.25, -0.2) is 0 Å². The van der Waals surface area contributed by atoms with Crippen molar-refractivity contribution in [1.82, 2.24) is 14.9 Å². The van der Waals surface area contributed by atoms with Crippen molar-refractivity contribution in [2.45, 2.75) is 25.4 Å². The van der Waals surface area contributed by atoms with Gasteiger partial charge in [-0.2, -0.15) is 4.98 Å². The number of benzene rings is 1. The molecule has 1 saturated carbocycles. The van der Waals surface area contributed by atoms with Crippen molar-refractivity contribution >= 4 is 35.1 Å². The Labute approximate surface area is 183 Å². The van der Waals surface area contributed by atoms with E-state index in [1.54, 1.807) is 18.2 Å². The van der Waals surface area contributed by atoms with E-state index in [1.807, 2.05) is 6.26 Å². The molecule has 0 spiro atoms. The van der Waals surface area contributed by atoms with E-state index in [1.165, 1.54) is 25.1 Å². The van der Waals surface area contributed by atoms with Crippen molar-refractivity contribution in [3.63, 3.8) is 0 Å². The molecule has 0 radical (unpaired) electrons. The number of amides is 1. The lowest BCUT2D eigenvalue weighted by molar-refractivity contribution is -0.112. The minimum atomic E-state index is -0.905.